The van der Waals surface area contributed by atoms with Gasteiger partial charge in [0.2, 0.25) is 0 Å². The van der Waals surface area contributed by atoms with Crippen LogP contribution in [-0.2, 0) is 11.3 Å². The summed E-state index contributed by atoms with van der Waals surface area (Å²) in [5.74, 6) is 1.01. The topological polar surface area (TPSA) is 21.7 Å². The Balaban J connectivity index is 1.72. The fraction of sp³-hybridized carbons (Fsp3) is 0.667. The third-order valence-electron chi connectivity index (χ3n) is 5.38. The minimum absolute atomic E-state index is 0.398. The van der Waals surface area contributed by atoms with Gasteiger partial charge >= 0.3 is 0 Å². The average molecular weight is 289 g/mol. The van der Waals surface area contributed by atoms with Gasteiger partial charge in [0.15, 0.2) is 0 Å². The molecule has 3 nitrogen and oxygen atoms in total. The number of benzene rings is 1. The fourth-order valence-corrected chi connectivity index (χ4v) is 4.41. The van der Waals surface area contributed by atoms with E-state index in [2.05, 4.69) is 23.1 Å². The summed E-state index contributed by atoms with van der Waals surface area (Å²) in [6.07, 6.45) is 6.95. The van der Waals surface area contributed by atoms with Crippen molar-refractivity contribution < 1.29 is 9.47 Å². The molecule has 1 heterocycles. The van der Waals surface area contributed by atoms with Crippen LogP contribution in [0.1, 0.15) is 37.7 Å². The minimum Gasteiger partial charge on any atom is -0.496 e. The molecule has 0 aromatic heterocycles. The highest BCUT2D eigenvalue weighted by Crippen LogP contribution is 2.46. The Kier molecular flexibility index (Phi) is 4.51. The van der Waals surface area contributed by atoms with Gasteiger partial charge in [0, 0.05) is 31.2 Å². The molecule has 1 aliphatic carbocycles. The summed E-state index contributed by atoms with van der Waals surface area (Å²) >= 11 is 0. The molecule has 21 heavy (non-hydrogen) atoms. The lowest BCUT2D eigenvalue weighted by Crippen LogP contribution is -2.47. The van der Waals surface area contributed by atoms with Crippen LogP contribution in [0.5, 0.6) is 5.75 Å². The SMILES string of the molecule is COc1ccccc1CN1CCC[C@]2(CCC[C@H]2OC)C1. The normalized spacial score (nSPS) is 29.9. The average Bonchev–Trinajstić information content (AvgIpc) is 2.90. The molecule has 1 aromatic rings. The third kappa shape index (κ3) is 2.95. The second kappa shape index (κ2) is 6.37. The van der Waals surface area contributed by atoms with Crippen molar-refractivity contribution in [1.29, 1.82) is 0 Å². The Morgan fingerprint density at radius 3 is 2.81 bits per heavy atom. The Hall–Kier alpha value is -1.06. The molecule has 2 atom stereocenters. The molecule has 0 amide bonds. The number of rotatable bonds is 4. The van der Waals surface area contributed by atoms with E-state index >= 15 is 0 Å². The molecule has 2 fully saturated rings. The van der Waals surface area contributed by atoms with Crippen LogP contribution in [0.15, 0.2) is 24.3 Å². The van der Waals surface area contributed by atoms with Gasteiger partial charge < -0.3 is 9.47 Å². The van der Waals surface area contributed by atoms with Gasteiger partial charge in [-0.05, 0) is 38.3 Å². The molecular formula is C18H27NO2. The maximum atomic E-state index is 5.80. The first-order valence-corrected chi connectivity index (χ1v) is 8.14. The van der Waals surface area contributed by atoms with E-state index in [1.165, 1.54) is 50.8 Å². The number of piperidine rings is 1. The van der Waals surface area contributed by atoms with E-state index in [9.17, 15) is 0 Å². The van der Waals surface area contributed by atoms with Crippen molar-refractivity contribution in [2.45, 2.75) is 44.8 Å². The second-order valence-corrected chi connectivity index (χ2v) is 6.61. The Morgan fingerprint density at radius 1 is 1.19 bits per heavy atom. The Labute approximate surface area is 128 Å². The van der Waals surface area contributed by atoms with Gasteiger partial charge in [0.05, 0.1) is 13.2 Å². The molecule has 116 valence electrons. The van der Waals surface area contributed by atoms with Crippen LogP contribution in [0.3, 0.4) is 0 Å². The first-order valence-electron chi connectivity index (χ1n) is 8.14. The van der Waals surface area contributed by atoms with Crippen LogP contribution >= 0.6 is 0 Å². The number of hydrogen-bond donors (Lipinski definition) is 0. The monoisotopic (exact) mass is 289 g/mol. The zero-order valence-corrected chi connectivity index (χ0v) is 13.3. The predicted octanol–water partition coefficient (Wildman–Crippen LogP) is 3.48. The first kappa shape index (κ1) is 14.9. The highest BCUT2D eigenvalue weighted by atomic mass is 16.5. The number of ether oxygens (including phenoxy) is 2. The molecule has 1 aromatic carbocycles. The molecule has 1 saturated heterocycles. The van der Waals surface area contributed by atoms with Crippen LogP contribution in [0.25, 0.3) is 0 Å². The van der Waals surface area contributed by atoms with Gasteiger partial charge in [0.1, 0.15) is 5.75 Å². The summed E-state index contributed by atoms with van der Waals surface area (Å²) in [5.41, 5.74) is 1.69. The van der Waals surface area contributed by atoms with Gasteiger partial charge in [-0.15, -0.1) is 0 Å². The van der Waals surface area contributed by atoms with Crippen molar-refractivity contribution in [1.82, 2.24) is 4.90 Å². The fourth-order valence-electron chi connectivity index (χ4n) is 4.41. The number of nitrogens with zero attached hydrogens (tertiary/aromatic N) is 1. The van der Waals surface area contributed by atoms with Crippen molar-refractivity contribution >= 4 is 0 Å². The van der Waals surface area contributed by atoms with E-state index < -0.39 is 0 Å². The molecule has 0 radical (unpaired) electrons. The second-order valence-electron chi connectivity index (χ2n) is 6.61. The van der Waals surface area contributed by atoms with Gasteiger partial charge in [-0.25, -0.2) is 0 Å². The molecule has 1 saturated carbocycles. The Morgan fingerprint density at radius 2 is 2.00 bits per heavy atom. The lowest BCUT2D eigenvalue weighted by atomic mass is 9.76. The van der Waals surface area contributed by atoms with Crippen LogP contribution in [0.4, 0.5) is 0 Å². The maximum absolute atomic E-state index is 5.80. The van der Waals surface area contributed by atoms with Gasteiger partial charge in [-0.1, -0.05) is 24.6 Å². The molecule has 3 rings (SSSR count). The summed E-state index contributed by atoms with van der Waals surface area (Å²) in [7, 11) is 3.64. The number of hydrogen-bond acceptors (Lipinski definition) is 3. The van der Waals surface area contributed by atoms with E-state index in [0.717, 1.165) is 12.3 Å². The molecule has 0 unspecified atom stereocenters. The summed E-state index contributed by atoms with van der Waals surface area (Å²) in [6, 6.07) is 8.38. The molecule has 1 aliphatic heterocycles. The van der Waals surface area contributed by atoms with Gasteiger partial charge in [-0.3, -0.25) is 4.90 Å². The van der Waals surface area contributed by atoms with E-state index in [-0.39, 0.29) is 0 Å². The molecule has 2 aliphatic rings. The zero-order valence-electron chi connectivity index (χ0n) is 13.3. The molecule has 0 N–H and O–H groups in total. The number of methoxy groups -OCH3 is 2. The molecular weight excluding hydrogens is 262 g/mol. The van der Waals surface area contributed by atoms with Gasteiger partial charge in [-0.2, -0.15) is 0 Å². The molecule has 3 heteroatoms. The van der Waals surface area contributed by atoms with Crippen molar-refractivity contribution in [3.8, 4) is 5.75 Å². The lowest BCUT2D eigenvalue weighted by Gasteiger charge is -2.43. The zero-order chi connectivity index (χ0) is 14.7. The highest BCUT2D eigenvalue weighted by Gasteiger charge is 2.45. The third-order valence-corrected chi connectivity index (χ3v) is 5.38. The van der Waals surface area contributed by atoms with Crippen LogP contribution in [0, 0.1) is 5.41 Å². The minimum atomic E-state index is 0.398. The van der Waals surface area contributed by atoms with Crippen LogP contribution in [-0.4, -0.2) is 38.3 Å². The summed E-state index contributed by atoms with van der Waals surface area (Å²) < 4.78 is 11.3. The standard InChI is InChI=1S/C18H27NO2/c1-20-16-8-4-3-7-15(16)13-19-12-6-11-18(14-19)10-5-9-17(18)21-2/h3-4,7-8,17H,5-6,9-14H2,1-2H3/t17-,18-/m1/s1. The predicted molar refractivity (Wildman–Crippen MR) is 84.6 cm³/mol. The summed E-state index contributed by atoms with van der Waals surface area (Å²) in [4.78, 5) is 2.60. The first-order chi connectivity index (χ1) is 10.3. The van der Waals surface area contributed by atoms with Crippen molar-refractivity contribution in [3.63, 3.8) is 0 Å². The van der Waals surface area contributed by atoms with Gasteiger partial charge in [0.25, 0.3) is 0 Å². The maximum Gasteiger partial charge on any atom is 0.123 e. The van der Waals surface area contributed by atoms with Crippen molar-refractivity contribution in [3.05, 3.63) is 29.8 Å². The lowest BCUT2D eigenvalue weighted by molar-refractivity contribution is -0.0367. The van der Waals surface area contributed by atoms with Crippen molar-refractivity contribution in [2.75, 3.05) is 27.3 Å². The van der Waals surface area contributed by atoms with E-state index in [1.807, 2.05) is 13.2 Å². The largest absolute Gasteiger partial charge is 0.496 e. The van der Waals surface area contributed by atoms with E-state index in [1.54, 1.807) is 7.11 Å². The Bertz CT molecular complexity index is 476. The van der Waals surface area contributed by atoms with Crippen molar-refractivity contribution in [2.24, 2.45) is 5.41 Å². The molecule has 0 bridgehead atoms. The molecule has 1 spiro atoms. The smallest absolute Gasteiger partial charge is 0.123 e. The van der Waals surface area contributed by atoms with Crippen LogP contribution < -0.4 is 4.74 Å². The number of likely N-dealkylation sites (tertiary alicyclic amines) is 1. The van der Waals surface area contributed by atoms with E-state index in [0.29, 0.717) is 11.5 Å². The summed E-state index contributed by atoms with van der Waals surface area (Å²) in [5, 5.41) is 0. The quantitative estimate of drug-likeness (QED) is 0.847. The highest BCUT2D eigenvalue weighted by molar-refractivity contribution is 5.33. The van der Waals surface area contributed by atoms with E-state index in [4.69, 9.17) is 9.47 Å². The van der Waals surface area contributed by atoms with Crippen LogP contribution in [0.2, 0.25) is 0 Å². The number of para-hydroxylation sites is 1. The summed E-state index contributed by atoms with van der Waals surface area (Å²) in [6.45, 7) is 3.35.